The number of carbonyl (C=O) groups excluding carboxylic acids is 1. The molecule has 0 saturated heterocycles. The Labute approximate surface area is 122 Å². The minimum atomic E-state index is -0.978. The molecule has 2 rings (SSSR count). The van der Waals surface area contributed by atoms with Gasteiger partial charge in [-0.3, -0.25) is 4.79 Å². The zero-order chi connectivity index (χ0) is 15.4. The van der Waals surface area contributed by atoms with Gasteiger partial charge in [-0.1, -0.05) is 19.1 Å². The summed E-state index contributed by atoms with van der Waals surface area (Å²) in [6, 6.07) is 6.35. The number of hydrogen-bond acceptors (Lipinski definition) is 4. The Bertz CT molecular complexity index is 643. The van der Waals surface area contributed by atoms with E-state index in [1.54, 1.807) is 16.8 Å². The topological polar surface area (TPSA) is 85.1 Å². The molecule has 21 heavy (non-hydrogen) atoms. The predicted molar refractivity (Wildman–Crippen MR) is 77.0 cm³/mol. The average Bonchev–Trinajstić information content (AvgIpc) is 2.92. The van der Waals surface area contributed by atoms with E-state index in [1.807, 2.05) is 13.8 Å². The van der Waals surface area contributed by atoms with E-state index < -0.39 is 5.97 Å². The first kappa shape index (κ1) is 14.9. The van der Waals surface area contributed by atoms with Crippen LogP contribution in [0.3, 0.4) is 0 Å². The minimum absolute atomic E-state index is 0.180. The molecule has 110 valence electrons. The number of aromatic carboxylic acids is 1. The first-order chi connectivity index (χ1) is 10.1. The summed E-state index contributed by atoms with van der Waals surface area (Å²) in [4.78, 5) is 22.0. The molecule has 0 fully saturated rings. The summed E-state index contributed by atoms with van der Waals surface area (Å²) in [7, 11) is 0. The second kappa shape index (κ2) is 6.30. The Kier molecular flexibility index (Phi) is 4.47. The molecule has 0 aliphatic carbocycles. The molecular weight excluding hydrogens is 270 g/mol. The summed E-state index contributed by atoms with van der Waals surface area (Å²) in [6.07, 6.45) is 2.46. The molecule has 0 amide bonds. The molecule has 1 N–H and O–H groups in total. The molecule has 0 aliphatic heterocycles. The van der Waals surface area contributed by atoms with E-state index in [-0.39, 0.29) is 11.5 Å². The van der Waals surface area contributed by atoms with E-state index in [2.05, 4.69) is 10.3 Å². The molecule has 1 aromatic heterocycles. The number of carbonyl (C=O) groups is 2. The van der Waals surface area contributed by atoms with Crippen molar-refractivity contribution in [1.29, 1.82) is 0 Å². The number of nitrogens with zero attached hydrogens (tertiary/aromatic N) is 3. The van der Waals surface area contributed by atoms with E-state index in [0.29, 0.717) is 17.7 Å². The van der Waals surface area contributed by atoms with Crippen LogP contribution in [0, 0.1) is 0 Å². The fourth-order valence-corrected chi connectivity index (χ4v) is 2.38. The molecule has 0 saturated carbocycles. The molecule has 1 heterocycles. The Morgan fingerprint density at radius 3 is 2.38 bits per heavy atom. The maximum absolute atomic E-state index is 11.2. The van der Waals surface area contributed by atoms with Gasteiger partial charge in [0, 0.05) is 5.92 Å². The smallest absolute Gasteiger partial charge is 0.335 e. The van der Waals surface area contributed by atoms with Gasteiger partial charge in [-0.25, -0.2) is 9.48 Å². The third-order valence-corrected chi connectivity index (χ3v) is 3.58. The SMILES string of the molecule is CCC(CC)c1c(C=O)nnn1-c1ccc(C(=O)O)cc1. The van der Waals surface area contributed by atoms with E-state index in [4.69, 9.17) is 5.11 Å². The van der Waals surface area contributed by atoms with Crippen molar-refractivity contribution in [3.8, 4) is 5.69 Å². The lowest BCUT2D eigenvalue weighted by atomic mass is 9.97. The van der Waals surface area contributed by atoms with Crippen molar-refractivity contribution in [3.05, 3.63) is 41.2 Å². The third-order valence-electron chi connectivity index (χ3n) is 3.58. The van der Waals surface area contributed by atoms with Crippen molar-refractivity contribution >= 4 is 12.3 Å². The molecule has 0 bridgehead atoms. The molecule has 6 nitrogen and oxygen atoms in total. The van der Waals surface area contributed by atoms with Crippen LogP contribution in [0.5, 0.6) is 0 Å². The highest BCUT2D eigenvalue weighted by molar-refractivity contribution is 5.87. The van der Waals surface area contributed by atoms with Crippen molar-refractivity contribution in [2.45, 2.75) is 32.6 Å². The number of hydrogen-bond donors (Lipinski definition) is 1. The van der Waals surface area contributed by atoms with Crippen LogP contribution in [0.4, 0.5) is 0 Å². The summed E-state index contributed by atoms with van der Waals surface area (Å²) in [6.45, 7) is 4.10. The summed E-state index contributed by atoms with van der Waals surface area (Å²) < 4.78 is 1.62. The summed E-state index contributed by atoms with van der Waals surface area (Å²) in [5.74, 6) is -0.798. The molecule has 0 spiro atoms. The van der Waals surface area contributed by atoms with Crippen molar-refractivity contribution < 1.29 is 14.7 Å². The van der Waals surface area contributed by atoms with Crippen LogP contribution in [0.2, 0.25) is 0 Å². The number of rotatable bonds is 6. The molecule has 0 aliphatic rings. The first-order valence-corrected chi connectivity index (χ1v) is 6.86. The van der Waals surface area contributed by atoms with Gasteiger partial charge in [-0.15, -0.1) is 5.10 Å². The van der Waals surface area contributed by atoms with Gasteiger partial charge in [0.15, 0.2) is 6.29 Å². The van der Waals surface area contributed by atoms with E-state index >= 15 is 0 Å². The molecular formula is C15H17N3O3. The lowest BCUT2D eigenvalue weighted by Gasteiger charge is -2.15. The van der Waals surface area contributed by atoms with Gasteiger partial charge in [-0.05, 0) is 37.1 Å². The lowest BCUT2D eigenvalue weighted by molar-refractivity contribution is 0.0696. The van der Waals surface area contributed by atoms with Crippen molar-refractivity contribution in [2.75, 3.05) is 0 Å². The number of benzene rings is 1. The number of aldehydes is 1. The van der Waals surface area contributed by atoms with E-state index in [9.17, 15) is 9.59 Å². The van der Waals surface area contributed by atoms with Crippen LogP contribution in [-0.4, -0.2) is 32.4 Å². The van der Waals surface area contributed by atoms with Crippen molar-refractivity contribution in [2.24, 2.45) is 0 Å². The summed E-state index contributed by atoms with van der Waals surface area (Å²) in [5, 5.41) is 16.9. The van der Waals surface area contributed by atoms with Gasteiger partial charge >= 0.3 is 5.97 Å². The fraction of sp³-hybridized carbons (Fsp3) is 0.333. The van der Waals surface area contributed by atoms with Crippen LogP contribution in [0.25, 0.3) is 5.69 Å². The van der Waals surface area contributed by atoms with E-state index in [1.165, 1.54) is 12.1 Å². The van der Waals surface area contributed by atoms with Crippen LogP contribution < -0.4 is 0 Å². The average molecular weight is 287 g/mol. The second-order valence-corrected chi connectivity index (χ2v) is 4.76. The quantitative estimate of drug-likeness (QED) is 0.825. The maximum atomic E-state index is 11.2. The first-order valence-electron chi connectivity index (χ1n) is 6.86. The third kappa shape index (κ3) is 2.84. The van der Waals surface area contributed by atoms with Gasteiger partial charge in [0.05, 0.1) is 16.9 Å². The monoisotopic (exact) mass is 287 g/mol. The molecule has 2 aromatic rings. The van der Waals surface area contributed by atoms with E-state index in [0.717, 1.165) is 18.5 Å². The minimum Gasteiger partial charge on any atom is -0.478 e. The second-order valence-electron chi connectivity index (χ2n) is 4.76. The largest absolute Gasteiger partial charge is 0.478 e. The normalized spacial score (nSPS) is 10.8. The van der Waals surface area contributed by atoms with Crippen molar-refractivity contribution in [3.63, 3.8) is 0 Å². The van der Waals surface area contributed by atoms with Gasteiger partial charge in [-0.2, -0.15) is 0 Å². The van der Waals surface area contributed by atoms with Crippen LogP contribution in [0.15, 0.2) is 24.3 Å². The molecule has 0 atom stereocenters. The van der Waals surface area contributed by atoms with Gasteiger partial charge in [0.1, 0.15) is 5.69 Å². The van der Waals surface area contributed by atoms with Crippen LogP contribution in [-0.2, 0) is 0 Å². The highest BCUT2D eigenvalue weighted by atomic mass is 16.4. The summed E-state index contributed by atoms with van der Waals surface area (Å²) in [5.41, 5.74) is 2.02. The van der Waals surface area contributed by atoms with Crippen LogP contribution >= 0.6 is 0 Å². The van der Waals surface area contributed by atoms with Crippen LogP contribution in [0.1, 0.15) is 59.1 Å². The van der Waals surface area contributed by atoms with Gasteiger partial charge < -0.3 is 5.11 Å². The molecule has 0 unspecified atom stereocenters. The standard InChI is InChI=1S/C15H17N3O3/c1-3-10(4-2)14-13(9-19)16-17-18(14)12-7-5-11(6-8-12)15(20)21/h5-10H,3-4H2,1-2H3,(H,20,21). The Hall–Kier alpha value is -2.50. The highest BCUT2D eigenvalue weighted by Gasteiger charge is 2.20. The Morgan fingerprint density at radius 2 is 1.90 bits per heavy atom. The van der Waals surface area contributed by atoms with Gasteiger partial charge in [0.25, 0.3) is 0 Å². The fourth-order valence-electron chi connectivity index (χ4n) is 2.38. The lowest BCUT2D eigenvalue weighted by Crippen LogP contribution is -2.09. The van der Waals surface area contributed by atoms with Crippen molar-refractivity contribution in [1.82, 2.24) is 15.0 Å². The number of carboxylic acids is 1. The zero-order valence-electron chi connectivity index (χ0n) is 12.0. The predicted octanol–water partition coefficient (Wildman–Crippen LogP) is 2.68. The zero-order valence-corrected chi connectivity index (χ0v) is 12.0. The highest BCUT2D eigenvalue weighted by Crippen LogP contribution is 2.26. The molecule has 6 heteroatoms. The number of carboxylic acid groups (broad SMARTS) is 1. The Balaban J connectivity index is 2.50. The maximum Gasteiger partial charge on any atom is 0.335 e. The summed E-state index contributed by atoms with van der Waals surface area (Å²) >= 11 is 0. The number of aromatic nitrogens is 3. The van der Waals surface area contributed by atoms with Gasteiger partial charge in [0.2, 0.25) is 0 Å². The molecule has 0 radical (unpaired) electrons. The molecule has 1 aromatic carbocycles. The Morgan fingerprint density at radius 1 is 1.29 bits per heavy atom.